The SMILES string of the molecule is CCc1ccccc1N(CC(=O)N[C@H](C)c1cc(C)c(C)cc1C)S(C)(=O)=O. The van der Waals surface area contributed by atoms with Crippen LogP contribution in [0.15, 0.2) is 36.4 Å². The summed E-state index contributed by atoms with van der Waals surface area (Å²) in [5, 5.41) is 2.95. The molecule has 2 rings (SSSR count). The normalized spacial score (nSPS) is 12.5. The number of hydrogen-bond acceptors (Lipinski definition) is 3. The molecule has 0 spiro atoms. The number of sulfonamides is 1. The van der Waals surface area contributed by atoms with Gasteiger partial charge in [0.05, 0.1) is 18.0 Å². The van der Waals surface area contributed by atoms with Crippen molar-refractivity contribution < 1.29 is 13.2 Å². The number of anilines is 1. The van der Waals surface area contributed by atoms with Gasteiger partial charge in [-0.1, -0.05) is 37.3 Å². The van der Waals surface area contributed by atoms with Crippen molar-refractivity contribution in [2.75, 3.05) is 17.1 Å². The van der Waals surface area contributed by atoms with Gasteiger partial charge in [-0.25, -0.2) is 8.42 Å². The molecule has 0 unspecified atom stereocenters. The third-order valence-corrected chi connectivity index (χ3v) is 6.18. The van der Waals surface area contributed by atoms with Crippen molar-refractivity contribution in [2.24, 2.45) is 0 Å². The van der Waals surface area contributed by atoms with Crippen molar-refractivity contribution in [2.45, 2.75) is 47.1 Å². The van der Waals surface area contributed by atoms with Crippen LogP contribution in [0.25, 0.3) is 0 Å². The van der Waals surface area contributed by atoms with Gasteiger partial charge in [-0.05, 0) is 68.0 Å². The van der Waals surface area contributed by atoms with E-state index in [4.69, 9.17) is 0 Å². The lowest BCUT2D eigenvalue weighted by Gasteiger charge is -2.25. The lowest BCUT2D eigenvalue weighted by atomic mass is 9.96. The standard InChI is InChI=1S/C22H30N2O3S/c1-7-19-10-8-9-11-21(19)24(28(6,26)27)14-22(25)23-18(5)20-13-16(3)15(2)12-17(20)4/h8-13,18H,7,14H2,1-6H3,(H,23,25)/t18-/m1/s1. The quantitative estimate of drug-likeness (QED) is 0.766. The molecule has 152 valence electrons. The average Bonchev–Trinajstić information content (AvgIpc) is 2.61. The van der Waals surface area contributed by atoms with E-state index in [1.54, 1.807) is 12.1 Å². The van der Waals surface area contributed by atoms with Crippen LogP contribution in [0.5, 0.6) is 0 Å². The molecular formula is C22H30N2O3S. The summed E-state index contributed by atoms with van der Waals surface area (Å²) < 4.78 is 25.9. The first-order valence-electron chi connectivity index (χ1n) is 9.47. The summed E-state index contributed by atoms with van der Waals surface area (Å²) in [7, 11) is -3.59. The molecule has 2 aromatic rings. The molecule has 1 atom stereocenters. The van der Waals surface area contributed by atoms with Crippen LogP contribution >= 0.6 is 0 Å². The van der Waals surface area contributed by atoms with Crippen LogP contribution in [-0.4, -0.2) is 27.1 Å². The van der Waals surface area contributed by atoms with E-state index in [0.29, 0.717) is 12.1 Å². The Balaban J connectivity index is 2.24. The van der Waals surface area contributed by atoms with E-state index in [-0.39, 0.29) is 18.5 Å². The van der Waals surface area contributed by atoms with Crippen LogP contribution in [0.2, 0.25) is 0 Å². The zero-order valence-corrected chi connectivity index (χ0v) is 18.4. The van der Waals surface area contributed by atoms with Gasteiger partial charge in [-0.2, -0.15) is 0 Å². The molecule has 0 bridgehead atoms. The van der Waals surface area contributed by atoms with Gasteiger partial charge in [0.25, 0.3) is 0 Å². The summed E-state index contributed by atoms with van der Waals surface area (Å²) in [5.74, 6) is -0.332. The zero-order valence-electron chi connectivity index (χ0n) is 17.5. The topological polar surface area (TPSA) is 66.5 Å². The van der Waals surface area contributed by atoms with E-state index in [1.807, 2.05) is 39.8 Å². The van der Waals surface area contributed by atoms with Crippen molar-refractivity contribution in [1.82, 2.24) is 5.32 Å². The molecule has 0 saturated heterocycles. The van der Waals surface area contributed by atoms with Crippen LogP contribution in [-0.2, 0) is 21.2 Å². The van der Waals surface area contributed by atoms with Crippen molar-refractivity contribution >= 4 is 21.6 Å². The highest BCUT2D eigenvalue weighted by molar-refractivity contribution is 7.92. The summed E-state index contributed by atoms with van der Waals surface area (Å²) in [4.78, 5) is 12.7. The smallest absolute Gasteiger partial charge is 0.241 e. The first-order chi connectivity index (χ1) is 13.0. The van der Waals surface area contributed by atoms with Gasteiger partial charge in [0.2, 0.25) is 15.9 Å². The fourth-order valence-corrected chi connectivity index (χ4v) is 4.27. The Hall–Kier alpha value is -2.34. The second-order valence-corrected chi connectivity index (χ2v) is 9.24. The van der Waals surface area contributed by atoms with Gasteiger partial charge in [-0.3, -0.25) is 9.10 Å². The van der Waals surface area contributed by atoms with Gasteiger partial charge in [0.15, 0.2) is 0 Å². The molecule has 0 radical (unpaired) electrons. The minimum Gasteiger partial charge on any atom is -0.348 e. The molecule has 0 heterocycles. The Bertz CT molecular complexity index is 968. The minimum atomic E-state index is -3.59. The van der Waals surface area contributed by atoms with E-state index in [1.165, 1.54) is 9.87 Å². The summed E-state index contributed by atoms with van der Waals surface area (Å²) in [6.07, 6.45) is 1.81. The lowest BCUT2D eigenvalue weighted by molar-refractivity contribution is -0.120. The van der Waals surface area contributed by atoms with Gasteiger partial charge in [0.1, 0.15) is 6.54 Å². The Morgan fingerprint density at radius 1 is 1.07 bits per heavy atom. The number of amides is 1. The first-order valence-corrected chi connectivity index (χ1v) is 11.3. The highest BCUT2D eigenvalue weighted by atomic mass is 32.2. The fraction of sp³-hybridized carbons (Fsp3) is 0.409. The molecule has 0 saturated carbocycles. The monoisotopic (exact) mass is 402 g/mol. The van der Waals surface area contributed by atoms with Gasteiger partial charge >= 0.3 is 0 Å². The molecule has 1 N–H and O–H groups in total. The van der Waals surface area contributed by atoms with Crippen LogP contribution in [0.1, 0.15) is 47.7 Å². The molecule has 5 nitrogen and oxygen atoms in total. The van der Waals surface area contributed by atoms with Gasteiger partial charge in [-0.15, -0.1) is 0 Å². The van der Waals surface area contributed by atoms with Crippen LogP contribution < -0.4 is 9.62 Å². The Morgan fingerprint density at radius 2 is 1.68 bits per heavy atom. The van der Waals surface area contributed by atoms with Crippen molar-refractivity contribution in [1.29, 1.82) is 0 Å². The molecular weight excluding hydrogens is 372 g/mol. The summed E-state index contributed by atoms with van der Waals surface area (Å²) in [6.45, 7) is 9.75. The predicted octanol–water partition coefficient (Wildman–Crippen LogP) is 3.82. The molecule has 2 aromatic carbocycles. The van der Waals surface area contributed by atoms with E-state index in [9.17, 15) is 13.2 Å². The average molecular weight is 403 g/mol. The van der Waals surface area contributed by atoms with Crippen molar-refractivity contribution in [3.05, 3.63) is 64.2 Å². The maximum Gasteiger partial charge on any atom is 0.241 e. The van der Waals surface area contributed by atoms with E-state index < -0.39 is 10.0 Å². The Morgan fingerprint density at radius 3 is 2.29 bits per heavy atom. The van der Waals surface area contributed by atoms with E-state index in [0.717, 1.165) is 28.5 Å². The first kappa shape index (κ1) is 22.0. The molecule has 0 fully saturated rings. The zero-order chi connectivity index (χ0) is 21.1. The lowest BCUT2D eigenvalue weighted by Crippen LogP contribution is -2.41. The number of hydrogen-bond donors (Lipinski definition) is 1. The largest absolute Gasteiger partial charge is 0.348 e. The second kappa shape index (κ2) is 8.78. The Labute approximate surface area is 168 Å². The summed E-state index contributed by atoms with van der Waals surface area (Å²) >= 11 is 0. The number of carbonyl (C=O) groups is 1. The molecule has 6 heteroatoms. The summed E-state index contributed by atoms with van der Waals surface area (Å²) in [6, 6.07) is 11.2. The van der Waals surface area contributed by atoms with E-state index in [2.05, 4.69) is 24.4 Å². The molecule has 0 aliphatic heterocycles. The molecule has 0 aliphatic rings. The Kier molecular flexibility index (Phi) is 6.88. The molecule has 0 aromatic heterocycles. The fourth-order valence-electron chi connectivity index (χ4n) is 3.38. The van der Waals surface area contributed by atoms with Gasteiger partial charge < -0.3 is 5.32 Å². The molecule has 1 amide bonds. The second-order valence-electron chi connectivity index (χ2n) is 7.33. The van der Waals surface area contributed by atoms with Crippen LogP contribution in [0, 0.1) is 20.8 Å². The number of carbonyl (C=O) groups excluding carboxylic acids is 1. The van der Waals surface area contributed by atoms with Crippen LogP contribution in [0.4, 0.5) is 5.69 Å². The highest BCUT2D eigenvalue weighted by Crippen LogP contribution is 2.24. The number of benzene rings is 2. The third kappa shape index (κ3) is 5.13. The van der Waals surface area contributed by atoms with Crippen LogP contribution in [0.3, 0.4) is 0 Å². The maximum atomic E-state index is 12.7. The van der Waals surface area contributed by atoms with Crippen molar-refractivity contribution in [3.63, 3.8) is 0 Å². The number of nitrogens with zero attached hydrogens (tertiary/aromatic N) is 1. The molecule has 0 aliphatic carbocycles. The maximum absolute atomic E-state index is 12.7. The minimum absolute atomic E-state index is 0.213. The van der Waals surface area contributed by atoms with Crippen molar-refractivity contribution in [3.8, 4) is 0 Å². The number of nitrogens with one attached hydrogen (secondary N) is 1. The summed E-state index contributed by atoms with van der Waals surface area (Å²) in [5.41, 5.74) is 5.95. The molecule has 28 heavy (non-hydrogen) atoms. The predicted molar refractivity (Wildman–Crippen MR) is 115 cm³/mol. The number of para-hydroxylation sites is 1. The highest BCUT2D eigenvalue weighted by Gasteiger charge is 2.24. The van der Waals surface area contributed by atoms with E-state index >= 15 is 0 Å². The third-order valence-electron chi connectivity index (χ3n) is 5.06. The van der Waals surface area contributed by atoms with Gasteiger partial charge in [0, 0.05) is 0 Å². The number of aryl methyl sites for hydroxylation is 4. The number of rotatable bonds is 7.